The van der Waals surface area contributed by atoms with Crippen molar-refractivity contribution in [2.45, 2.75) is 0 Å². The summed E-state index contributed by atoms with van der Waals surface area (Å²) in [5, 5.41) is 0. The van der Waals surface area contributed by atoms with Gasteiger partial charge in [0, 0.05) is 5.57 Å². The smallest absolute Gasteiger partial charge is 0.149 e. The topological polar surface area (TPSA) is 26.3 Å². The summed E-state index contributed by atoms with van der Waals surface area (Å²) in [5.74, 6) is 0. The summed E-state index contributed by atoms with van der Waals surface area (Å²) in [5.41, 5.74) is 0.691. The van der Waals surface area contributed by atoms with Gasteiger partial charge in [-0.05, 0) is 12.2 Å². The lowest BCUT2D eigenvalue weighted by atomic mass is 10.2. The van der Waals surface area contributed by atoms with Crippen molar-refractivity contribution in [1.82, 2.24) is 0 Å². The van der Waals surface area contributed by atoms with Gasteiger partial charge >= 0.3 is 0 Å². The summed E-state index contributed by atoms with van der Waals surface area (Å²) in [7, 11) is 0. The Hall–Kier alpha value is -0.470. The molecule has 0 bridgehead atoms. The minimum Gasteiger partial charge on any atom is -0.497 e. The summed E-state index contributed by atoms with van der Waals surface area (Å²) < 4.78 is 4.79. The Kier molecular flexibility index (Phi) is 8.13. The van der Waals surface area contributed by atoms with Crippen molar-refractivity contribution >= 4 is 31.1 Å². The molecule has 0 spiro atoms. The van der Waals surface area contributed by atoms with Crippen LogP contribution in [0.15, 0.2) is 24.0 Å². The van der Waals surface area contributed by atoms with Crippen LogP contribution in [0.1, 0.15) is 0 Å². The van der Waals surface area contributed by atoms with E-state index in [-0.39, 0.29) is 24.8 Å². The van der Waals surface area contributed by atoms with Gasteiger partial charge in [-0.2, -0.15) is 0 Å². The number of ether oxygens (including phenoxy) is 1. The van der Waals surface area contributed by atoms with Crippen LogP contribution in [0.2, 0.25) is 0 Å². The highest BCUT2D eigenvalue weighted by Crippen LogP contribution is 1.98. The van der Waals surface area contributed by atoms with E-state index in [9.17, 15) is 4.79 Å². The van der Waals surface area contributed by atoms with Crippen LogP contribution in [0, 0.1) is 0 Å². The molecule has 10 heavy (non-hydrogen) atoms. The lowest BCUT2D eigenvalue weighted by Gasteiger charge is -1.99. The fraction of sp³-hybridized carbons (Fsp3) is 0.167. The first-order valence-corrected chi connectivity index (χ1v) is 2.37. The van der Waals surface area contributed by atoms with Crippen molar-refractivity contribution in [2.75, 3.05) is 6.61 Å². The average molecular weight is 183 g/mol. The zero-order chi connectivity index (χ0) is 5.82. The van der Waals surface area contributed by atoms with Crippen LogP contribution >= 0.6 is 24.8 Å². The van der Waals surface area contributed by atoms with Crippen molar-refractivity contribution < 1.29 is 9.53 Å². The molecule has 4 heteroatoms. The summed E-state index contributed by atoms with van der Waals surface area (Å²) in [6.07, 6.45) is 5.69. The van der Waals surface area contributed by atoms with E-state index in [1.165, 1.54) is 6.26 Å². The maximum absolute atomic E-state index is 9.98. The molecule has 1 rings (SSSR count). The number of hydrogen-bond donors (Lipinski definition) is 0. The maximum Gasteiger partial charge on any atom is 0.149 e. The molecule has 1 aliphatic heterocycles. The standard InChI is InChI=1S/C6H6O2.2ClH/c7-5-6-1-3-8-4-2-6;;/h1-3,5H,4H2;2*1H. The Bertz CT molecular complexity index is 152. The van der Waals surface area contributed by atoms with E-state index in [4.69, 9.17) is 4.74 Å². The molecular formula is C6H8Cl2O2. The van der Waals surface area contributed by atoms with Crippen LogP contribution in [-0.2, 0) is 9.53 Å². The van der Waals surface area contributed by atoms with E-state index in [0.29, 0.717) is 12.2 Å². The van der Waals surface area contributed by atoms with Gasteiger partial charge in [-0.1, -0.05) is 0 Å². The molecule has 1 aliphatic rings. The molecule has 58 valence electrons. The highest BCUT2D eigenvalue weighted by molar-refractivity contribution is 5.85. The first-order chi connectivity index (χ1) is 3.93. The number of aldehydes is 1. The Labute approximate surface area is 71.8 Å². The van der Waals surface area contributed by atoms with Crippen LogP contribution in [0.4, 0.5) is 0 Å². The van der Waals surface area contributed by atoms with Crippen molar-refractivity contribution in [2.24, 2.45) is 0 Å². The Morgan fingerprint density at radius 3 is 2.50 bits per heavy atom. The second-order valence-corrected chi connectivity index (χ2v) is 1.46. The van der Waals surface area contributed by atoms with Crippen molar-refractivity contribution in [3.8, 4) is 0 Å². The molecular weight excluding hydrogens is 175 g/mol. The molecule has 2 nitrogen and oxygen atoms in total. The Morgan fingerprint density at radius 1 is 1.50 bits per heavy atom. The largest absolute Gasteiger partial charge is 0.497 e. The van der Waals surface area contributed by atoms with E-state index in [1.807, 2.05) is 0 Å². The quantitative estimate of drug-likeness (QED) is 0.575. The summed E-state index contributed by atoms with van der Waals surface area (Å²) in [4.78, 5) is 9.98. The van der Waals surface area contributed by atoms with Gasteiger partial charge < -0.3 is 4.74 Å². The van der Waals surface area contributed by atoms with Crippen LogP contribution in [0.3, 0.4) is 0 Å². The lowest BCUT2D eigenvalue weighted by Crippen LogP contribution is -1.91. The molecule has 0 amide bonds. The maximum atomic E-state index is 9.98. The first-order valence-electron chi connectivity index (χ1n) is 2.37. The molecule has 0 saturated heterocycles. The Morgan fingerprint density at radius 2 is 2.20 bits per heavy atom. The molecule has 0 saturated carbocycles. The molecule has 0 aromatic rings. The molecule has 0 fully saturated rings. The predicted molar refractivity (Wildman–Crippen MR) is 43.7 cm³/mol. The fourth-order valence-corrected chi connectivity index (χ4v) is 0.482. The van der Waals surface area contributed by atoms with Gasteiger partial charge in [0.2, 0.25) is 0 Å². The van der Waals surface area contributed by atoms with Gasteiger partial charge in [0.15, 0.2) is 0 Å². The third-order valence-corrected chi connectivity index (χ3v) is 0.908. The minimum absolute atomic E-state index is 0. The van der Waals surface area contributed by atoms with E-state index in [0.717, 1.165) is 6.29 Å². The van der Waals surface area contributed by atoms with E-state index >= 15 is 0 Å². The fourth-order valence-electron chi connectivity index (χ4n) is 0.482. The number of allylic oxidation sites excluding steroid dienone is 2. The number of hydrogen-bond acceptors (Lipinski definition) is 2. The van der Waals surface area contributed by atoms with Crippen molar-refractivity contribution in [1.29, 1.82) is 0 Å². The predicted octanol–water partition coefficient (Wildman–Crippen LogP) is 1.50. The van der Waals surface area contributed by atoms with E-state index in [1.54, 1.807) is 12.2 Å². The third kappa shape index (κ3) is 3.54. The highest BCUT2D eigenvalue weighted by atomic mass is 35.5. The molecule has 1 heterocycles. The van der Waals surface area contributed by atoms with Gasteiger partial charge in [-0.25, -0.2) is 0 Å². The van der Waals surface area contributed by atoms with Gasteiger partial charge in [0.25, 0.3) is 0 Å². The van der Waals surface area contributed by atoms with Gasteiger partial charge in [0.05, 0.1) is 6.26 Å². The van der Waals surface area contributed by atoms with Crippen LogP contribution in [0.5, 0.6) is 0 Å². The number of halogens is 2. The molecule has 0 unspecified atom stereocenters. The Balaban J connectivity index is 0. The van der Waals surface area contributed by atoms with Crippen LogP contribution in [-0.4, -0.2) is 12.9 Å². The van der Waals surface area contributed by atoms with Gasteiger partial charge in [-0.3, -0.25) is 4.79 Å². The van der Waals surface area contributed by atoms with Gasteiger partial charge in [0.1, 0.15) is 12.9 Å². The minimum atomic E-state index is 0. The molecule has 0 atom stereocenters. The summed E-state index contributed by atoms with van der Waals surface area (Å²) in [6, 6.07) is 0. The van der Waals surface area contributed by atoms with E-state index < -0.39 is 0 Å². The highest BCUT2D eigenvalue weighted by Gasteiger charge is 1.91. The third-order valence-electron chi connectivity index (χ3n) is 0.908. The molecule has 0 aromatic heterocycles. The lowest BCUT2D eigenvalue weighted by molar-refractivity contribution is -0.104. The molecule has 0 aromatic carbocycles. The second kappa shape index (κ2) is 6.65. The van der Waals surface area contributed by atoms with Crippen molar-refractivity contribution in [3.63, 3.8) is 0 Å². The number of carbonyl (C=O) groups excluding carboxylic acids is 1. The normalized spacial score (nSPS) is 13.4. The molecule has 0 N–H and O–H groups in total. The van der Waals surface area contributed by atoms with Crippen LogP contribution < -0.4 is 0 Å². The summed E-state index contributed by atoms with van der Waals surface area (Å²) in [6.45, 7) is 0.518. The van der Waals surface area contributed by atoms with Gasteiger partial charge in [-0.15, -0.1) is 24.8 Å². The monoisotopic (exact) mass is 182 g/mol. The second-order valence-electron chi connectivity index (χ2n) is 1.46. The zero-order valence-electron chi connectivity index (χ0n) is 5.15. The number of rotatable bonds is 1. The van der Waals surface area contributed by atoms with Crippen molar-refractivity contribution in [3.05, 3.63) is 24.0 Å². The molecule has 0 aliphatic carbocycles. The zero-order valence-corrected chi connectivity index (χ0v) is 6.78. The number of carbonyl (C=O) groups is 1. The van der Waals surface area contributed by atoms with Crippen LogP contribution in [0.25, 0.3) is 0 Å². The SMILES string of the molecule is Cl.Cl.O=CC1=CCOC=C1. The first kappa shape index (κ1) is 12.2. The van der Waals surface area contributed by atoms with E-state index in [2.05, 4.69) is 0 Å². The molecule has 0 radical (unpaired) electrons. The summed E-state index contributed by atoms with van der Waals surface area (Å²) >= 11 is 0. The average Bonchev–Trinajstić information content (AvgIpc) is 1.90.